The third-order valence-electron chi connectivity index (χ3n) is 7.00. The molecule has 2 aliphatic rings. The molecular formula is C27H36FN3O4. The van der Waals surface area contributed by atoms with Gasteiger partial charge in [-0.25, -0.2) is 9.18 Å². The highest BCUT2D eigenvalue weighted by Gasteiger charge is 2.36. The molecular weight excluding hydrogens is 449 g/mol. The van der Waals surface area contributed by atoms with E-state index < -0.39 is 5.60 Å². The molecule has 2 fully saturated rings. The second kappa shape index (κ2) is 10.4. The van der Waals surface area contributed by atoms with E-state index in [-0.39, 0.29) is 29.3 Å². The smallest absolute Gasteiger partial charge is 0.410 e. The van der Waals surface area contributed by atoms with E-state index in [1.54, 1.807) is 17.0 Å². The van der Waals surface area contributed by atoms with Gasteiger partial charge in [0, 0.05) is 50.5 Å². The van der Waals surface area contributed by atoms with Crippen molar-refractivity contribution < 1.29 is 23.5 Å². The summed E-state index contributed by atoms with van der Waals surface area (Å²) in [4.78, 5) is 27.4. The Labute approximate surface area is 206 Å². The Kier molecular flexibility index (Phi) is 7.50. The van der Waals surface area contributed by atoms with E-state index in [1.165, 1.54) is 6.07 Å². The van der Waals surface area contributed by atoms with E-state index in [0.29, 0.717) is 38.5 Å². The maximum absolute atomic E-state index is 14.0. The maximum atomic E-state index is 14.0. The zero-order chi connectivity index (χ0) is 25.1. The predicted octanol–water partition coefficient (Wildman–Crippen LogP) is 4.68. The molecule has 0 atom stereocenters. The number of aromatic nitrogens is 1. The van der Waals surface area contributed by atoms with Gasteiger partial charge >= 0.3 is 6.09 Å². The number of rotatable bonds is 5. The van der Waals surface area contributed by atoms with Gasteiger partial charge in [-0.05, 0) is 76.3 Å². The third-order valence-corrected chi connectivity index (χ3v) is 7.00. The fraction of sp³-hybridized carbons (Fsp3) is 0.556. The summed E-state index contributed by atoms with van der Waals surface area (Å²) in [5, 5.41) is 3.12. The molecule has 0 spiro atoms. The predicted molar refractivity (Wildman–Crippen MR) is 131 cm³/mol. The number of hydrogen-bond donors (Lipinski definition) is 1. The molecule has 2 aromatic rings. The number of halogens is 1. The first-order valence-corrected chi connectivity index (χ1v) is 12.4. The summed E-state index contributed by atoms with van der Waals surface area (Å²) in [6.07, 6.45) is 4.58. The van der Waals surface area contributed by atoms with Crippen LogP contribution in [0, 0.1) is 5.82 Å². The minimum atomic E-state index is -0.521. The molecule has 7 nitrogen and oxygen atoms in total. The first-order chi connectivity index (χ1) is 16.7. The zero-order valence-electron chi connectivity index (χ0n) is 20.9. The number of carbonyl (C=O) groups excluding carboxylic acids is 2. The first-order valence-electron chi connectivity index (χ1n) is 12.4. The summed E-state index contributed by atoms with van der Waals surface area (Å²) in [6, 6.07) is 10.5. The molecule has 1 aromatic heterocycles. The number of piperidine rings is 1. The highest BCUT2D eigenvalue weighted by atomic mass is 19.1. The number of likely N-dealkylation sites (tertiary alicyclic amines) is 1. The van der Waals surface area contributed by atoms with Crippen LogP contribution in [0.3, 0.4) is 0 Å². The van der Waals surface area contributed by atoms with Gasteiger partial charge in [-0.1, -0.05) is 12.1 Å². The van der Waals surface area contributed by atoms with Crippen LogP contribution in [0.5, 0.6) is 0 Å². The Hall–Kier alpha value is -2.87. The summed E-state index contributed by atoms with van der Waals surface area (Å²) < 4.78 is 27.0. The van der Waals surface area contributed by atoms with Crippen LogP contribution in [0.4, 0.5) is 9.18 Å². The monoisotopic (exact) mass is 485 g/mol. The molecule has 2 aliphatic heterocycles. The normalized spacial score (nSPS) is 18.8. The molecule has 1 aromatic carbocycles. The second-order valence-corrected chi connectivity index (χ2v) is 10.6. The van der Waals surface area contributed by atoms with Crippen molar-refractivity contribution in [3.05, 3.63) is 59.7 Å². The van der Waals surface area contributed by atoms with Crippen molar-refractivity contribution in [2.75, 3.05) is 32.8 Å². The summed E-state index contributed by atoms with van der Waals surface area (Å²) >= 11 is 0. The van der Waals surface area contributed by atoms with E-state index in [9.17, 15) is 14.0 Å². The van der Waals surface area contributed by atoms with Crippen molar-refractivity contribution in [1.82, 2.24) is 14.8 Å². The van der Waals surface area contributed by atoms with Gasteiger partial charge in [0.05, 0.1) is 0 Å². The van der Waals surface area contributed by atoms with Gasteiger partial charge in [0.2, 0.25) is 0 Å². The third kappa shape index (κ3) is 6.04. The summed E-state index contributed by atoms with van der Waals surface area (Å²) in [6.45, 7) is 8.34. The van der Waals surface area contributed by atoms with Crippen LogP contribution in [0.25, 0.3) is 0 Å². The molecule has 3 heterocycles. The van der Waals surface area contributed by atoms with E-state index in [2.05, 4.69) is 5.32 Å². The Morgan fingerprint density at radius 1 is 1.14 bits per heavy atom. The van der Waals surface area contributed by atoms with Crippen LogP contribution in [0.2, 0.25) is 0 Å². The van der Waals surface area contributed by atoms with E-state index >= 15 is 0 Å². The van der Waals surface area contributed by atoms with Crippen molar-refractivity contribution in [3.63, 3.8) is 0 Å². The summed E-state index contributed by atoms with van der Waals surface area (Å²) in [5.74, 6) is -0.418. The Bertz CT molecular complexity index is 1030. The lowest BCUT2D eigenvalue weighted by atomic mass is 9.74. The van der Waals surface area contributed by atoms with Crippen LogP contribution >= 0.6 is 0 Å². The fourth-order valence-electron chi connectivity index (χ4n) is 5.05. The van der Waals surface area contributed by atoms with Gasteiger partial charge in [-0.3, -0.25) is 4.79 Å². The Morgan fingerprint density at radius 3 is 2.51 bits per heavy atom. The molecule has 0 radical (unpaired) electrons. The van der Waals surface area contributed by atoms with Gasteiger partial charge in [0.15, 0.2) is 0 Å². The lowest BCUT2D eigenvalue weighted by molar-refractivity contribution is 0.0187. The first kappa shape index (κ1) is 25.2. The van der Waals surface area contributed by atoms with Crippen molar-refractivity contribution in [2.45, 2.75) is 63.5 Å². The summed E-state index contributed by atoms with van der Waals surface area (Å²) in [7, 11) is 0. The summed E-state index contributed by atoms with van der Waals surface area (Å²) in [5.41, 5.74) is 0.618. The number of ether oxygens (including phenoxy) is 2. The highest BCUT2D eigenvalue weighted by molar-refractivity contribution is 5.92. The maximum Gasteiger partial charge on any atom is 0.410 e. The topological polar surface area (TPSA) is 72.8 Å². The van der Waals surface area contributed by atoms with Crippen LogP contribution in [0.15, 0.2) is 42.6 Å². The lowest BCUT2D eigenvalue weighted by Gasteiger charge is -2.38. The molecule has 8 heteroatoms. The van der Waals surface area contributed by atoms with Gasteiger partial charge in [-0.15, -0.1) is 0 Å². The van der Waals surface area contributed by atoms with Gasteiger partial charge < -0.3 is 24.3 Å². The van der Waals surface area contributed by atoms with Gasteiger partial charge in [0.1, 0.15) is 17.1 Å². The second-order valence-electron chi connectivity index (χ2n) is 10.6. The molecule has 4 rings (SSSR count). The Balaban J connectivity index is 1.40. The van der Waals surface area contributed by atoms with Crippen molar-refractivity contribution >= 4 is 12.0 Å². The number of amides is 2. The van der Waals surface area contributed by atoms with E-state index in [1.807, 2.05) is 49.7 Å². The molecule has 0 bridgehead atoms. The highest BCUT2D eigenvalue weighted by Crippen LogP contribution is 2.35. The standard InChI is InChI=1S/C27H36FN3O4/c1-26(2,3)35-25(33)30-14-9-22(10-15-30)31-13-5-8-23(31)24(32)29-19-27(11-16-34-17-12-27)20-6-4-7-21(28)18-20/h4-8,13,18,22H,9-12,14-17,19H2,1-3H3,(H,29,32). The number of benzene rings is 1. The van der Waals surface area contributed by atoms with Crippen LogP contribution < -0.4 is 5.32 Å². The minimum absolute atomic E-state index is 0.129. The molecule has 0 aliphatic carbocycles. The van der Waals surface area contributed by atoms with Crippen molar-refractivity contribution in [3.8, 4) is 0 Å². The number of hydrogen-bond acceptors (Lipinski definition) is 4. The molecule has 2 amide bonds. The quantitative estimate of drug-likeness (QED) is 0.668. The molecule has 190 valence electrons. The lowest BCUT2D eigenvalue weighted by Crippen LogP contribution is -2.45. The molecule has 35 heavy (non-hydrogen) atoms. The SMILES string of the molecule is CC(C)(C)OC(=O)N1CCC(n2cccc2C(=O)NCC2(c3cccc(F)c3)CCOCC2)CC1. The molecule has 2 saturated heterocycles. The fourth-order valence-corrected chi connectivity index (χ4v) is 5.05. The van der Waals surface area contributed by atoms with E-state index in [4.69, 9.17) is 9.47 Å². The number of nitrogens with zero attached hydrogens (tertiary/aromatic N) is 2. The largest absolute Gasteiger partial charge is 0.444 e. The average molecular weight is 486 g/mol. The van der Waals surface area contributed by atoms with Crippen LogP contribution in [-0.2, 0) is 14.9 Å². The molecule has 0 saturated carbocycles. The minimum Gasteiger partial charge on any atom is -0.444 e. The average Bonchev–Trinajstić information content (AvgIpc) is 3.32. The van der Waals surface area contributed by atoms with Gasteiger partial charge in [-0.2, -0.15) is 0 Å². The molecule has 0 unspecified atom stereocenters. The number of carbonyl (C=O) groups is 2. The van der Waals surface area contributed by atoms with Crippen molar-refractivity contribution in [2.24, 2.45) is 0 Å². The Morgan fingerprint density at radius 2 is 1.86 bits per heavy atom. The number of nitrogens with one attached hydrogen (secondary N) is 1. The van der Waals surface area contributed by atoms with Crippen LogP contribution in [-0.4, -0.2) is 59.9 Å². The molecule has 1 N–H and O–H groups in total. The van der Waals surface area contributed by atoms with Gasteiger partial charge in [0.25, 0.3) is 5.91 Å². The van der Waals surface area contributed by atoms with E-state index in [0.717, 1.165) is 31.2 Å². The van der Waals surface area contributed by atoms with Crippen molar-refractivity contribution in [1.29, 1.82) is 0 Å². The zero-order valence-corrected chi connectivity index (χ0v) is 20.9. The van der Waals surface area contributed by atoms with Crippen LogP contribution in [0.1, 0.15) is 68.5 Å².